The summed E-state index contributed by atoms with van der Waals surface area (Å²) in [5.74, 6) is 2.59. The molecule has 1 N–H and O–H groups in total. The predicted octanol–water partition coefficient (Wildman–Crippen LogP) is 5.69. The first-order valence-electron chi connectivity index (χ1n) is 11.5. The van der Waals surface area contributed by atoms with Crippen LogP contribution in [-0.2, 0) is 11.4 Å². The maximum absolute atomic E-state index is 13.1. The van der Waals surface area contributed by atoms with Crippen molar-refractivity contribution in [3.8, 4) is 5.75 Å². The van der Waals surface area contributed by atoms with Gasteiger partial charge in [0.1, 0.15) is 18.4 Å². The second-order valence-corrected chi connectivity index (χ2v) is 9.58. The number of carbonyl (C=O) groups excluding carboxylic acids is 1. The number of thioether (sulfide) groups is 1. The quantitative estimate of drug-likeness (QED) is 0.457. The van der Waals surface area contributed by atoms with Crippen molar-refractivity contribution in [2.24, 2.45) is 0 Å². The minimum absolute atomic E-state index is 0.172. The molecule has 3 aromatic rings. The van der Waals surface area contributed by atoms with E-state index < -0.39 is 0 Å². The molecule has 2 heterocycles. The minimum atomic E-state index is -0.346. The minimum Gasteiger partial charge on any atom is -0.489 e. The molecule has 2 aliphatic rings. The zero-order valence-corrected chi connectivity index (χ0v) is 19.8. The number of ether oxygens (including phenoxy) is 1. The molecule has 1 aliphatic heterocycles. The highest BCUT2D eigenvalue weighted by molar-refractivity contribution is 7.99. The van der Waals surface area contributed by atoms with E-state index in [9.17, 15) is 4.79 Å². The molecular weight excluding hydrogens is 432 g/mol. The number of hydrogen-bond acceptors (Lipinski definition) is 6. The number of carbonyl (C=O) groups is 1. The second-order valence-electron chi connectivity index (χ2n) is 8.52. The molecule has 1 unspecified atom stereocenters. The molecule has 6 nitrogen and oxygen atoms in total. The van der Waals surface area contributed by atoms with Crippen LogP contribution in [0.5, 0.6) is 5.75 Å². The average Bonchev–Trinajstić information content (AvgIpc) is 3.24. The van der Waals surface area contributed by atoms with Gasteiger partial charge < -0.3 is 10.1 Å². The molecular formula is C26H28N4O2S. The van der Waals surface area contributed by atoms with E-state index in [1.165, 1.54) is 5.56 Å². The molecule has 2 aromatic carbocycles. The summed E-state index contributed by atoms with van der Waals surface area (Å²) >= 11 is 1.64. The number of aryl methyl sites for hydroxylation is 1. The molecule has 0 saturated carbocycles. The Morgan fingerprint density at radius 2 is 1.97 bits per heavy atom. The van der Waals surface area contributed by atoms with Crippen molar-refractivity contribution in [3.05, 3.63) is 76.5 Å². The number of rotatable bonds is 7. The lowest BCUT2D eigenvalue weighted by atomic mass is 9.85. The van der Waals surface area contributed by atoms with E-state index in [0.717, 1.165) is 58.3 Å². The van der Waals surface area contributed by atoms with E-state index in [1.54, 1.807) is 11.8 Å². The summed E-state index contributed by atoms with van der Waals surface area (Å²) in [4.78, 5) is 17.8. The molecule has 170 valence electrons. The first-order chi connectivity index (χ1) is 16.1. The van der Waals surface area contributed by atoms with Crippen LogP contribution in [0.1, 0.15) is 55.3 Å². The lowest BCUT2D eigenvalue weighted by Gasteiger charge is -2.32. The molecule has 5 rings (SSSR count). The average molecular weight is 461 g/mol. The van der Waals surface area contributed by atoms with Crippen molar-refractivity contribution in [3.63, 3.8) is 0 Å². The maximum atomic E-state index is 13.1. The highest BCUT2D eigenvalue weighted by Crippen LogP contribution is 2.43. The monoisotopic (exact) mass is 460 g/mol. The topological polar surface area (TPSA) is 69.0 Å². The maximum Gasteiger partial charge on any atom is 0.227 e. The van der Waals surface area contributed by atoms with Gasteiger partial charge in [-0.3, -0.25) is 4.79 Å². The van der Waals surface area contributed by atoms with E-state index in [2.05, 4.69) is 43.4 Å². The van der Waals surface area contributed by atoms with Crippen molar-refractivity contribution >= 4 is 23.5 Å². The highest BCUT2D eigenvalue weighted by Gasteiger charge is 2.38. The van der Waals surface area contributed by atoms with Crippen LogP contribution in [0.2, 0.25) is 0 Å². The van der Waals surface area contributed by atoms with Crippen molar-refractivity contribution < 1.29 is 9.53 Å². The molecule has 33 heavy (non-hydrogen) atoms. The Morgan fingerprint density at radius 3 is 2.79 bits per heavy atom. The fraction of sp³-hybridized carbons (Fsp3) is 0.346. The Labute approximate surface area is 198 Å². The summed E-state index contributed by atoms with van der Waals surface area (Å²) < 4.78 is 8.17. The second kappa shape index (κ2) is 9.43. The molecule has 0 saturated heterocycles. The molecule has 0 bridgehead atoms. The van der Waals surface area contributed by atoms with Gasteiger partial charge in [0.15, 0.2) is 5.78 Å². The summed E-state index contributed by atoms with van der Waals surface area (Å²) in [5.41, 5.74) is 5.02. The lowest BCUT2D eigenvalue weighted by molar-refractivity contribution is -0.116. The van der Waals surface area contributed by atoms with Gasteiger partial charge >= 0.3 is 0 Å². The molecule has 0 radical (unpaired) electrons. The smallest absolute Gasteiger partial charge is 0.227 e. The summed E-state index contributed by atoms with van der Waals surface area (Å²) in [5, 5.41) is 8.94. The number of nitrogens with one attached hydrogen (secondary N) is 1. The van der Waals surface area contributed by atoms with Crippen LogP contribution >= 0.6 is 11.8 Å². The van der Waals surface area contributed by atoms with Crippen LogP contribution < -0.4 is 10.1 Å². The fourth-order valence-electron chi connectivity index (χ4n) is 4.36. The Balaban J connectivity index is 1.54. The molecule has 0 spiro atoms. The standard InChI is InChI=1S/C26H28N4O2S/c1-3-15-33-26-28-25-27-20-8-6-9-21(31)23(20)24(30(25)29-26)19-7-4-5-10-22(19)32-16-18-13-11-17(2)12-14-18/h4-5,7,10-14,24H,3,6,8-9,15-16H2,1-2H3,(H,27,28,29). The van der Waals surface area contributed by atoms with Gasteiger partial charge in [-0.25, -0.2) is 4.68 Å². The largest absolute Gasteiger partial charge is 0.489 e. The van der Waals surface area contributed by atoms with Crippen LogP contribution in [0.3, 0.4) is 0 Å². The third kappa shape index (κ3) is 4.42. The molecule has 0 amide bonds. The summed E-state index contributed by atoms with van der Waals surface area (Å²) in [6.07, 6.45) is 3.31. The first-order valence-corrected chi connectivity index (χ1v) is 12.5. The number of fused-ring (bicyclic) bond motifs is 1. The SMILES string of the molecule is CCCSc1nc2n(n1)C(c1ccccc1OCc1ccc(C)cc1)C1=C(CCCC1=O)N2. The van der Waals surface area contributed by atoms with Crippen LogP contribution in [0.25, 0.3) is 0 Å². The number of benzene rings is 2. The highest BCUT2D eigenvalue weighted by atomic mass is 32.2. The molecule has 1 atom stereocenters. The van der Waals surface area contributed by atoms with Crippen molar-refractivity contribution in [1.29, 1.82) is 0 Å². The van der Waals surface area contributed by atoms with Crippen molar-refractivity contribution in [2.75, 3.05) is 11.1 Å². The van der Waals surface area contributed by atoms with Gasteiger partial charge in [0.05, 0.1) is 0 Å². The number of allylic oxidation sites excluding steroid dienone is 2. The van der Waals surface area contributed by atoms with Crippen LogP contribution in [0.15, 0.2) is 65.0 Å². The van der Waals surface area contributed by atoms with Gasteiger partial charge in [-0.2, -0.15) is 4.98 Å². The van der Waals surface area contributed by atoms with Gasteiger partial charge in [0, 0.05) is 29.0 Å². The lowest BCUT2D eigenvalue weighted by Crippen LogP contribution is -2.31. The van der Waals surface area contributed by atoms with E-state index in [0.29, 0.717) is 19.0 Å². The summed E-state index contributed by atoms with van der Waals surface area (Å²) in [7, 11) is 0. The number of aromatic nitrogens is 3. The molecule has 0 fully saturated rings. The molecule has 1 aromatic heterocycles. The third-order valence-corrected chi connectivity index (χ3v) is 7.06. The number of nitrogens with zero attached hydrogens (tertiary/aromatic N) is 3. The number of ketones is 1. The van der Waals surface area contributed by atoms with Crippen LogP contribution in [-0.4, -0.2) is 26.3 Å². The zero-order valence-electron chi connectivity index (χ0n) is 19.0. The Morgan fingerprint density at radius 1 is 1.15 bits per heavy atom. The molecule has 1 aliphatic carbocycles. The van der Waals surface area contributed by atoms with Gasteiger partial charge in [-0.05, 0) is 37.8 Å². The molecule has 7 heteroatoms. The zero-order chi connectivity index (χ0) is 22.8. The van der Waals surface area contributed by atoms with Gasteiger partial charge in [0.25, 0.3) is 0 Å². The number of hydrogen-bond donors (Lipinski definition) is 1. The van der Waals surface area contributed by atoms with Crippen molar-refractivity contribution in [1.82, 2.24) is 14.8 Å². The Bertz CT molecular complexity index is 1200. The van der Waals surface area contributed by atoms with Crippen molar-refractivity contribution in [2.45, 2.75) is 57.3 Å². The fourth-order valence-corrected chi connectivity index (χ4v) is 5.05. The van der Waals surface area contributed by atoms with Crippen LogP contribution in [0, 0.1) is 6.92 Å². The summed E-state index contributed by atoms with van der Waals surface area (Å²) in [6.45, 7) is 4.68. The normalized spacial score (nSPS) is 17.4. The Kier molecular flexibility index (Phi) is 6.22. The van der Waals surface area contributed by atoms with E-state index in [-0.39, 0.29) is 11.8 Å². The Hall–Kier alpha value is -3.06. The third-order valence-electron chi connectivity index (χ3n) is 6.01. The number of para-hydroxylation sites is 1. The predicted molar refractivity (Wildman–Crippen MR) is 131 cm³/mol. The van der Waals surface area contributed by atoms with E-state index in [1.807, 2.05) is 28.9 Å². The number of anilines is 1. The van der Waals surface area contributed by atoms with Gasteiger partial charge in [-0.15, -0.1) is 5.10 Å². The van der Waals surface area contributed by atoms with E-state index in [4.69, 9.17) is 14.8 Å². The van der Waals surface area contributed by atoms with Crippen LogP contribution in [0.4, 0.5) is 5.95 Å². The summed E-state index contributed by atoms with van der Waals surface area (Å²) in [6, 6.07) is 16.0. The van der Waals surface area contributed by atoms with Gasteiger partial charge in [0.2, 0.25) is 11.1 Å². The first kappa shape index (κ1) is 21.8. The number of Topliss-reactive ketones (excluding diaryl/α,β-unsaturated/α-hetero) is 1. The van der Waals surface area contributed by atoms with Gasteiger partial charge in [-0.1, -0.05) is 66.7 Å². The van der Waals surface area contributed by atoms with E-state index >= 15 is 0 Å².